The first-order chi connectivity index (χ1) is 10.3. The molecule has 0 saturated carbocycles. The van der Waals surface area contributed by atoms with E-state index in [4.69, 9.17) is 0 Å². The first-order valence-electron chi connectivity index (χ1n) is 7.22. The van der Waals surface area contributed by atoms with Crippen molar-refractivity contribution in [1.82, 2.24) is 4.57 Å². The van der Waals surface area contributed by atoms with Crippen LogP contribution in [0.4, 0.5) is 0 Å². The van der Waals surface area contributed by atoms with Gasteiger partial charge in [-0.05, 0) is 37.6 Å². The molecule has 0 atom stereocenters. The lowest BCUT2D eigenvalue weighted by Gasteiger charge is -2.10. The van der Waals surface area contributed by atoms with Crippen molar-refractivity contribution < 1.29 is 0 Å². The van der Waals surface area contributed by atoms with Crippen LogP contribution < -0.4 is 0 Å². The van der Waals surface area contributed by atoms with Gasteiger partial charge in [0, 0.05) is 16.6 Å². The third-order valence-corrected chi connectivity index (χ3v) is 3.81. The maximum atomic E-state index is 4.01. The smallest absolute Gasteiger partial charge is 0.0570 e. The highest BCUT2D eigenvalue weighted by Gasteiger charge is 2.15. The molecule has 0 saturated heterocycles. The zero-order valence-corrected chi connectivity index (χ0v) is 12.5. The van der Waals surface area contributed by atoms with E-state index in [-0.39, 0.29) is 0 Å². The van der Waals surface area contributed by atoms with Gasteiger partial charge in [-0.1, -0.05) is 55.1 Å². The Morgan fingerprint density at radius 3 is 2.43 bits per heavy atom. The van der Waals surface area contributed by atoms with Crippen molar-refractivity contribution >= 4 is 23.1 Å². The van der Waals surface area contributed by atoms with Gasteiger partial charge in [0.1, 0.15) is 0 Å². The predicted molar refractivity (Wildman–Crippen MR) is 92.8 cm³/mol. The lowest BCUT2D eigenvalue weighted by atomic mass is 10.1. The second kappa shape index (κ2) is 5.45. The summed E-state index contributed by atoms with van der Waals surface area (Å²) in [7, 11) is 0. The molecule has 0 radical (unpaired) electrons. The van der Waals surface area contributed by atoms with Crippen LogP contribution in [0.3, 0.4) is 0 Å². The molecule has 0 aliphatic rings. The molecule has 1 nitrogen and oxygen atoms in total. The molecule has 0 unspecified atom stereocenters. The van der Waals surface area contributed by atoms with Crippen molar-refractivity contribution in [3.63, 3.8) is 0 Å². The van der Waals surface area contributed by atoms with Gasteiger partial charge in [-0.2, -0.15) is 0 Å². The Labute approximate surface area is 125 Å². The van der Waals surface area contributed by atoms with Gasteiger partial charge in [-0.3, -0.25) is 0 Å². The van der Waals surface area contributed by atoms with Crippen molar-refractivity contribution in [3.05, 3.63) is 78.0 Å². The highest BCUT2D eigenvalue weighted by atomic mass is 15.0. The van der Waals surface area contributed by atoms with Gasteiger partial charge >= 0.3 is 0 Å². The number of allylic oxidation sites excluding steroid dienone is 1. The number of hydrogen-bond acceptors (Lipinski definition) is 0. The quantitative estimate of drug-likeness (QED) is 0.584. The van der Waals surface area contributed by atoms with Gasteiger partial charge in [0.2, 0.25) is 0 Å². The summed E-state index contributed by atoms with van der Waals surface area (Å²) in [5.74, 6) is 0. The fourth-order valence-corrected chi connectivity index (χ4v) is 2.93. The van der Waals surface area contributed by atoms with Gasteiger partial charge in [0.05, 0.1) is 11.2 Å². The van der Waals surface area contributed by atoms with Crippen LogP contribution in [0.5, 0.6) is 0 Å². The molecule has 3 rings (SSSR count). The number of hydrogen-bond donors (Lipinski definition) is 0. The minimum Gasteiger partial charge on any atom is -0.309 e. The molecule has 1 aromatic heterocycles. The van der Waals surface area contributed by atoms with E-state index >= 15 is 0 Å². The van der Waals surface area contributed by atoms with Crippen LogP contribution in [0.15, 0.2) is 61.2 Å². The van der Waals surface area contributed by atoms with Crippen molar-refractivity contribution in [3.8, 4) is 5.69 Å². The number of nitrogens with zero attached hydrogens (tertiary/aromatic N) is 1. The van der Waals surface area contributed by atoms with Gasteiger partial charge in [-0.25, -0.2) is 0 Å². The maximum Gasteiger partial charge on any atom is 0.0570 e. The summed E-state index contributed by atoms with van der Waals surface area (Å²) in [6.07, 6.45) is 6.19. The number of para-hydroxylation sites is 2. The first kappa shape index (κ1) is 13.4. The molecule has 1 heterocycles. The average molecular weight is 273 g/mol. The van der Waals surface area contributed by atoms with E-state index in [0.29, 0.717) is 0 Å². The Bertz CT molecular complexity index is 820. The van der Waals surface area contributed by atoms with Crippen molar-refractivity contribution in [2.24, 2.45) is 0 Å². The lowest BCUT2D eigenvalue weighted by molar-refractivity contribution is 1.10. The van der Waals surface area contributed by atoms with E-state index in [0.717, 1.165) is 0 Å². The lowest BCUT2D eigenvalue weighted by Crippen LogP contribution is -1.97. The van der Waals surface area contributed by atoms with Crippen LogP contribution in [0.2, 0.25) is 0 Å². The van der Waals surface area contributed by atoms with Gasteiger partial charge in [-0.15, -0.1) is 0 Å². The van der Waals surface area contributed by atoms with E-state index in [1.807, 2.05) is 19.1 Å². The highest BCUT2D eigenvalue weighted by molar-refractivity contribution is 5.96. The average Bonchev–Trinajstić information content (AvgIpc) is 2.83. The molecule has 0 N–H and O–H groups in total. The zero-order chi connectivity index (χ0) is 14.8. The van der Waals surface area contributed by atoms with E-state index in [2.05, 4.69) is 72.7 Å². The minimum absolute atomic E-state index is 1.18. The highest BCUT2D eigenvalue weighted by Crippen LogP contribution is 2.33. The fraction of sp³-hybridized carbons (Fsp3) is 0.100. The molecule has 0 amide bonds. The molecular weight excluding hydrogens is 254 g/mol. The van der Waals surface area contributed by atoms with Crippen molar-refractivity contribution in [2.75, 3.05) is 0 Å². The Kier molecular flexibility index (Phi) is 3.49. The number of fused-ring (bicyclic) bond motifs is 1. The second-order valence-electron chi connectivity index (χ2n) is 5.15. The summed E-state index contributed by atoms with van der Waals surface area (Å²) in [6.45, 7) is 8.22. The standard InChI is InChI=1S/C20H19N/c1-4-10-19-17(5-2)18-14-9-11-15(3)20(18)21(19)16-12-7-6-8-13-16/h4-14H,2H2,1,3H3/b10-4-. The van der Waals surface area contributed by atoms with Crippen LogP contribution in [-0.4, -0.2) is 4.57 Å². The maximum absolute atomic E-state index is 4.01. The van der Waals surface area contributed by atoms with Crippen LogP contribution in [0, 0.1) is 6.92 Å². The molecule has 0 aliphatic heterocycles. The molecule has 3 aromatic rings. The van der Waals surface area contributed by atoms with Gasteiger partial charge in [0.15, 0.2) is 0 Å². The molecule has 1 heteroatoms. The Morgan fingerprint density at radius 2 is 1.76 bits per heavy atom. The Morgan fingerprint density at radius 1 is 1.00 bits per heavy atom. The van der Waals surface area contributed by atoms with Crippen molar-refractivity contribution in [2.45, 2.75) is 13.8 Å². The van der Waals surface area contributed by atoms with Crippen LogP contribution >= 0.6 is 0 Å². The third-order valence-electron chi connectivity index (χ3n) is 3.81. The first-order valence-corrected chi connectivity index (χ1v) is 7.22. The van der Waals surface area contributed by atoms with Crippen LogP contribution in [-0.2, 0) is 0 Å². The number of aromatic nitrogens is 1. The summed E-state index contributed by atoms with van der Waals surface area (Å²) in [5.41, 5.74) is 6.08. The fourth-order valence-electron chi connectivity index (χ4n) is 2.93. The van der Waals surface area contributed by atoms with Crippen LogP contribution in [0.25, 0.3) is 28.7 Å². The molecule has 21 heavy (non-hydrogen) atoms. The van der Waals surface area contributed by atoms with E-state index < -0.39 is 0 Å². The molecule has 0 aliphatic carbocycles. The summed E-state index contributed by atoms with van der Waals surface area (Å²) < 4.78 is 2.32. The van der Waals surface area contributed by atoms with Gasteiger partial charge in [0.25, 0.3) is 0 Å². The van der Waals surface area contributed by atoms with Crippen molar-refractivity contribution in [1.29, 1.82) is 0 Å². The number of benzene rings is 2. The molecule has 0 spiro atoms. The molecule has 2 aromatic carbocycles. The topological polar surface area (TPSA) is 4.93 Å². The predicted octanol–water partition coefficient (Wildman–Crippen LogP) is 5.62. The van der Waals surface area contributed by atoms with E-state index in [1.165, 1.54) is 33.4 Å². The second-order valence-corrected chi connectivity index (χ2v) is 5.15. The summed E-state index contributed by atoms with van der Waals surface area (Å²) in [6, 6.07) is 16.9. The molecule has 0 fully saturated rings. The van der Waals surface area contributed by atoms with E-state index in [1.54, 1.807) is 0 Å². The molecule has 104 valence electrons. The minimum atomic E-state index is 1.18. The SMILES string of the molecule is C=Cc1c(/C=C\C)n(-c2ccccc2)c2c(C)cccc12. The summed E-state index contributed by atoms with van der Waals surface area (Å²) in [4.78, 5) is 0. The third kappa shape index (κ3) is 2.11. The number of rotatable bonds is 3. The van der Waals surface area contributed by atoms with E-state index in [9.17, 15) is 0 Å². The molecule has 0 bridgehead atoms. The number of aryl methyl sites for hydroxylation is 1. The summed E-state index contributed by atoms with van der Waals surface area (Å²) in [5, 5.41) is 1.25. The largest absolute Gasteiger partial charge is 0.309 e. The molecular formula is C20H19N. The zero-order valence-electron chi connectivity index (χ0n) is 12.5. The van der Waals surface area contributed by atoms with Crippen LogP contribution in [0.1, 0.15) is 23.7 Å². The van der Waals surface area contributed by atoms with Gasteiger partial charge < -0.3 is 4.57 Å². The monoisotopic (exact) mass is 273 g/mol. The summed E-state index contributed by atoms with van der Waals surface area (Å²) >= 11 is 0. The Balaban J connectivity index is 2.51. The Hall–Kier alpha value is -2.54. The normalized spacial score (nSPS) is 11.3.